The highest BCUT2D eigenvalue weighted by Crippen LogP contribution is 2.31. The Morgan fingerprint density at radius 3 is 2.26 bits per heavy atom. The number of ketones is 2. The Labute approximate surface area is 137 Å². The topological polar surface area (TPSA) is 40.6 Å². The predicted molar refractivity (Wildman–Crippen MR) is 90.6 cm³/mol. The van der Waals surface area contributed by atoms with Crippen LogP contribution < -0.4 is 0 Å². The number of nitrogens with zero attached hydrogens (tertiary/aromatic N) is 2. The Morgan fingerprint density at radius 1 is 1.04 bits per heavy atom. The lowest BCUT2D eigenvalue weighted by Gasteiger charge is -2.37. The van der Waals surface area contributed by atoms with E-state index in [4.69, 9.17) is 0 Å². The van der Waals surface area contributed by atoms with E-state index in [1.54, 1.807) is 18.2 Å². The maximum atomic E-state index is 13.0. The van der Waals surface area contributed by atoms with Crippen LogP contribution in [0.2, 0.25) is 0 Å². The number of rotatable bonds is 4. The number of fused-ring (bicyclic) bond motifs is 1. The SMILES string of the molecule is C=CCCC1=C(N2CCN(C)CC2)C(=O)c2ccccc2C1=O. The molecule has 1 aromatic carbocycles. The number of carbonyl (C=O) groups excluding carboxylic acids is 2. The van der Waals surface area contributed by atoms with Crippen LogP contribution in [0.1, 0.15) is 33.6 Å². The third kappa shape index (κ3) is 2.86. The summed E-state index contributed by atoms with van der Waals surface area (Å²) in [5.74, 6) is -0.0141. The van der Waals surface area contributed by atoms with Gasteiger partial charge < -0.3 is 9.80 Å². The Morgan fingerprint density at radius 2 is 1.65 bits per heavy atom. The fourth-order valence-electron chi connectivity index (χ4n) is 3.26. The third-order valence-electron chi connectivity index (χ3n) is 4.61. The van der Waals surface area contributed by atoms with Gasteiger partial charge in [0.05, 0.1) is 5.70 Å². The standard InChI is InChI=1S/C19H22N2O2/c1-3-4-7-16-17(21-12-10-20(2)11-13-21)19(23)15-9-6-5-8-14(15)18(16)22/h3,5-6,8-9H,1,4,7,10-13H2,2H3. The molecule has 0 atom stereocenters. The van der Waals surface area contributed by atoms with Gasteiger partial charge in [-0.15, -0.1) is 6.58 Å². The molecular formula is C19H22N2O2. The van der Waals surface area contributed by atoms with Crippen molar-refractivity contribution in [1.82, 2.24) is 9.80 Å². The summed E-state index contributed by atoms with van der Waals surface area (Å²) in [7, 11) is 2.08. The maximum absolute atomic E-state index is 13.0. The van der Waals surface area contributed by atoms with Gasteiger partial charge in [0.1, 0.15) is 0 Å². The number of allylic oxidation sites excluding steroid dienone is 3. The van der Waals surface area contributed by atoms with E-state index in [1.165, 1.54) is 0 Å². The van der Waals surface area contributed by atoms with Gasteiger partial charge in [-0.1, -0.05) is 30.3 Å². The van der Waals surface area contributed by atoms with E-state index in [0.29, 0.717) is 35.2 Å². The fourth-order valence-corrected chi connectivity index (χ4v) is 3.26. The smallest absolute Gasteiger partial charge is 0.210 e. The first-order chi connectivity index (χ1) is 11.1. The molecule has 1 saturated heterocycles. The Balaban J connectivity index is 2.04. The van der Waals surface area contributed by atoms with E-state index in [2.05, 4.69) is 23.4 Å². The molecule has 1 fully saturated rings. The molecule has 1 heterocycles. The number of Topliss-reactive ketones (excluding diaryl/α,β-unsaturated/α-hetero) is 2. The highest BCUT2D eigenvalue weighted by atomic mass is 16.1. The van der Waals surface area contributed by atoms with Crippen molar-refractivity contribution in [2.75, 3.05) is 33.2 Å². The molecule has 23 heavy (non-hydrogen) atoms. The van der Waals surface area contributed by atoms with Gasteiger partial charge in [0.25, 0.3) is 0 Å². The van der Waals surface area contributed by atoms with Crippen molar-refractivity contribution in [2.45, 2.75) is 12.8 Å². The zero-order valence-corrected chi connectivity index (χ0v) is 13.5. The molecule has 3 rings (SSSR count). The van der Waals surface area contributed by atoms with Gasteiger partial charge in [0, 0.05) is 42.9 Å². The Hall–Kier alpha value is -2.20. The monoisotopic (exact) mass is 310 g/mol. The van der Waals surface area contributed by atoms with Gasteiger partial charge in [-0.3, -0.25) is 9.59 Å². The normalized spacial score (nSPS) is 19.1. The fraction of sp³-hybridized carbons (Fsp3) is 0.368. The average Bonchev–Trinajstić information content (AvgIpc) is 2.58. The molecule has 0 saturated carbocycles. The number of carbonyl (C=O) groups is 2. The molecule has 0 unspecified atom stereocenters. The van der Waals surface area contributed by atoms with E-state index >= 15 is 0 Å². The van der Waals surface area contributed by atoms with Crippen LogP contribution >= 0.6 is 0 Å². The summed E-state index contributed by atoms with van der Waals surface area (Å²) in [6.45, 7) is 7.11. The summed E-state index contributed by atoms with van der Waals surface area (Å²) in [6, 6.07) is 7.15. The second-order valence-corrected chi connectivity index (χ2v) is 6.15. The Kier molecular flexibility index (Phi) is 4.44. The molecule has 4 nitrogen and oxygen atoms in total. The summed E-state index contributed by atoms with van der Waals surface area (Å²) in [6.07, 6.45) is 3.07. The molecular weight excluding hydrogens is 288 g/mol. The van der Waals surface area contributed by atoms with Crippen LogP contribution in [0.15, 0.2) is 48.2 Å². The third-order valence-corrected chi connectivity index (χ3v) is 4.61. The maximum Gasteiger partial charge on any atom is 0.210 e. The van der Waals surface area contributed by atoms with Gasteiger partial charge in [-0.05, 0) is 19.9 Å². The van der Waals surface area contributed by atoms with Crippen molar-refractivity contribution in [1.29, 1.82) is 0 Å². The van der Waals surface area contributed by atoms with Gasteiger partial charge in [-0.2, -0.15) is 0 Å². The lowest BCUT2D eigenvalue weighted by molar-refractivity contribution is 0.0913. The van der Waals surface area contributed by atoms with Crippen LogP contribution in [0.3, 0.4) is 0 Å². The van der Waals surface area contributed by atoms with Gasteiger partial charge in [0.2, 0.25) is 5.78 Å². The molecule has 0 N–H and O–H groups in total. The second-order valence-electron chi connectivity index (χ2n) is 6.15. The molecule has 4 heteroatoms. The average molecular weight is 310 g/mol. The van der Waals surface area contributed by atoms with Crippen LogP contribution in [0, 0.1) is 0 Å². The minimum atomic E-state index is -0.0104. The van der Waals surface area contributed by atoms with Crippen LogP contribution in [-0.2, 0) is 0 Å². The van der Waals surface area contributed by atoms with Crippen molar-refractivity contribution >= 4 is 11.6 Å². The van der Waals surface area contributed by atoms with E-state index in [1.807, 2.05) is 12.1 Å². The van der Waals surface area contributed by atoms with E-state index in [0.717, 1.165) is 26.2 Å². The van der Waals surface area contributed by atoms with E-state index in [-0.39, 0.29) is 11.6 Å². The minimum Gasteiger partial charge on any atom is -0.365 e. The number of hydrogen-bond acceptors (Lipinski definition) is 4. The highest BCUT2D eigenvalue weighted by Gasteiger charge is 2.35. The first-order valence-electron chi connectivity index (χ1n) is 8.09. The van der Waals surface area contributed by atoms with Crippen LogP contribution in [0.5, 0.6) is 0 Å². The lowest BCUT2D eigenvalue weighted by atomic mass is 9.84. The van der Waals surface area contributed by atoms with Crippen molar-refractivity contribution in [2.24, 2.45) is 0 Å². The molecule has 0 aromatic heterocycles. The largest absolute Gasteiger partial charge is 0.365 e. The summed E-state index contributed by atoms with van der Waals surface area (Å²) in [5.41, 5.74) is 2.34. The number of benzene rings is 1. The van der Waals surface area contributed by atoms with Gasteiger partial charge in [0.15, 0.2) is 5.78 Å². The molecule has 120 valence electrons. The van der Waals surface area contributed by atoms with E-state index in [9.17, 15) is 9.59 Å². The zero-order valence-electron chi connectivity index (χ0n) is 13.5. The summed E-state index contributed by atoms with van der Waals surface area (Å²) >= 11 is 0. The van der Waals surface area contributed by atoms with Crippen LogP contribution in [-0.4, -0.2) is 54.6 Å². The number of hydrogen-bond donors (Lipinski definition) is 0. The molecule has 2 aliphatic rings. The predicted octanol–water partition coefficient (Wildman–Crippen LogP) is 2.53. The van der Waals surface area contributed by atoms with Crippen molar-refractivity contribution < 1.29 is 9.59 Å². The highest BCUT2D eigenvalue weighted by molar-refractivity contribution is 6.26. The second kappa shape index (κ2) is 6.50. The van der Waals surface area contributed by atoms with Crippen LogP contribution in [0.4, 0.5) is 0 Å². The van der Waals surface area contributed by atoms with Gasteiger partial charge >= 0.3 is 0 Å². The van der Waals surface area contributed by atoms with Crippen LogP contribution in [0.25, 0.3) is 0 Å². The number of likely N-dealkylation sites (N-methyl/N-ethyl adjacent to an activating group) is 1. The summed E-state index contributed by atoms with van der Waals surface area (Å²) in [4.78, 5) is 30.3. The summed E-state index contributed by atoms with van der Waals surface area (Å²) in [5, 5.41) is 0. The number of piperazine rings is 1. The quantitative estimate of drug-likeness (QED) is 0.801. The molecule has 0 radical (unpaired) electrons. The molecule has 1 aliphatic heterocycles. The van der Waals surface area contributed by atoms with Gasteiger partial charge in [-0.25, -0.2) is 0 Å². The first-order valence-corrected chi connectivity index (χ1v) is 8.09. The molecule has 0 amide bonds. The molecule has 0 bridgehead atoms. The zero-order chi connectivity index (χ0) is 16.4. The lowest BCUT2D eigenvalue weighted by Crippen LogP contribution is -2.46. The Bertz CT molecular complexity index is 682. The van der Waals surface area contributed by atoms with Crippen molar-refractivity contribution in [3.8, 4) is 0 Å². The first kappa shape index (κ1) is 15.7. The molecule has 1 aromatic rings. The van der Waals surface area contributed by atoms with Crippen molar-refractivity contribution in [3.05, 3.63) is 59.3 Å². The van der Waals surface area contributed by atoms with E-state index < -0.39 is 0 Å². The van der Waals surface area contributed by atoms with Crippen molar-refractivity contribution in [3.63, 3.8) is 0 Å². The molecule has 0 spiro atoms. The minimum absolute atomic E-state index is 0.00372. The summed E-state index contributed by atoms with van der Waals surface area (Å²) < 4.78 is 0. The molecule has 1 aliphatic carbocycles.